The number of carbonyl (C=O) groups is 1. The topological polar surface area (TPSA) is 48.0 Å². The molecule has 0 fully saturated rings. The van der Waals surface area contributed by atoms with Gasteiger partial charge in [0.2, 0.25) is 0 Å². The van der Waals surface area contributed by atoms with Gasteiger partial charge in [0.25, 0.3) is 0 Å². The molecule has 3 aromatic carbocycles. The molecule has 1 aliphatic rings. The number of likely N-dealkylation sites (N-methyl/N-ethyl adjacent to an activating group) is 1. The number of esters is 1. The SMILES string of the molecule is CCCc1ccc2c(c1)CCc1ccccc1C2N(C)CCOc1ccc(CC(OCC)C(=O)OCC)cc1. The van der Waals surface area contributed by atoms with Gasteiger partial charge < -0.3 is 14.2 Å². The minimum atomic E-state index is -0.584. The molecule has 0 aromatic heterocycles. The second kappa shape index (κ2) is 14.3. The van der Waals surface area contributed by atoms with Gasteiger partial charge in [-0.05, 0) is 85.7 Å². The highest BCUT2D eigenvalue weighted by atomic mass is 16.6. The Bertz CT molecular complexity index is 1210. The molecular formula is C34H43NO4. The van der Waals surface area contributed by atoms with Crippen molar-refractivity contribution in [1.29, 1.82) is 0 Å². The molecule has 0 spiro atoms. The maximum Gasteiger partial charge on any atom is 0.335 e. The Balaban J connectivity index is 1.41. The standard InChI is InChI=1S/C34H43NO4/c1-5-10-25-15-20-31-28(23-25)17-16-27-11-8-9-12-30(27)33(31)35(4)21-22-39-29-18-13-26(14-19-29)24-32(37-6-2)34(36)38-7-3/h8-9,11-15,18-20,23,32-33H,5-7,10,16-17,21-22,24H2,1-4H3. The average Bonchev–Trinajstić information content (AvgIpc) is 3.10. The van der Waals surface area contributed by atoms with Crippen molar-refractivity contribution in [1.82, 2.24) is 4.90 Å². The van der Waals surface area contributed by atoms with Crippen molar-refractivity contribution in [3.8, 4) is 5.75 Å². The molecule has 5 heteroatoms. The molecule has 0 saturated heterocycles. The summed E-state index contributed by atoms with van der Waals surface area (Å²) in [7, 11) is 2.20. The number of hydrogen-bond acceptors (Lipinski definition) is 5. The molecule has 0 heterocycles. The van der Waals surface area contributed by atoms with Crippen LogP contribution in [0.25, 0.3) is 0 Å². The van der Waals surface area contributed by atoms with Crippen LogP contribution in [-0.2, 0) is 40.0 Å². The first-order valence-electron chi connectivity index (χ1n) is 14.4. The molecule has 1 aliphatic carbocycles. The first kappa shape index (κ1) is 28.8. The van der Waals surface area contributed by atoms with Crippen LogP contribution in [0.5, 0.6) is 5.75 Å². The molecule has 208 valence electrons. The second-order valence-electron chi connectivity index (χ2n) is 10.3. The fraction of sp³-hybridized carbons (Fsp3) is 0.441. The van der Waals surface area contributed by atoms with Crippen molar-refractivity contribution in [2.75, 3.05) is 33.4 Å². The van der Waals surface area contributed by atoms with Gasteiger partial charge in [0.1, 0.15) is 12.4 Å². The maximum atomic E-state index is 12.2. The summed E-state index contributed by atoms with van der Waals surface area (Å²) in [4.78, 5) is 14.6. The summed E-state index contributed by atoms with van der Waals surface area (Å²) >= 11 is 0. The van der Waals surface area contributed by atoms with Crippen molar-refractivity contribution in [3.05, 3.63) is 100 Å². The number of hydrogen-bond donors (Lipinski definition) is 0. The lowest BCUT2D eigenvalue weighted by molar-refractivity contribution is -0.156. The van der Waals surface area contributed by atoms with E-state index in [1.54, 1.807) is 6.92 Å². The molecule has 0 N–H and O–H groups in total. The van der Waals surface area contributed by atoms with Crippen LogP contribution in [0.2, 0.25) is 0 Å². The number of fused-ring (bicyclic) bond motifs is 2. The van der Waals surface area contributed by atoms with Crippen LogP contribution in [0.15, 0.2) is 66.7 Å². The molecule has 5 nitrogen and oxygen atoms in total. The highest BCUT2D eigenvalue weighted by Gasteiger charge is 2.27. The fourth-order valence-corrected chi connectivity index (χ4v) is 5.55. The molecule has 4 rings (SSSR count). The van der Waals surface area contributed by atoms with Crippen molar-refractivity contribution in [2.45, 2.75) is 65.0 Å². The summed E-state index contributed by atoms with van der Waals surface area (Å²) in [6.07, 6.45) is 4.35. The van der Waals surface area contributed by atoms with E-state index in [1.807, 2.05) is 31.2 Å². The van der Waals surface area contributed by atoms with Gasteiger partial charge in [-0.2, -0.15) is 0 Å². The van der Waals surface area contributed by atoms with E-state index in [4.69, 9.17) is 14.2 Å². The molecule has 0 radical (unpaired) electrons. The molecule has 3 aromatic rings. The van der Waals surface area contributed by atoms with Gasteiger partial charge in [0.15, 0.2) is 6.10 Å². The largest absolute Gasteiger partial charge is 0.492 e. The van der Waals surface area contributed by atoms with Crippen LogP contribution in [0.4, 0.5) is 0 Å². The Morgan fingerprint density at radius 3 is 2.36 bits per heavy atom. The van der Waals surface area contributed by atoms with Crippen LogP contribution >= 0.6 is 0 Å². The predicted octanol–water partition coefficient (Wildman–Crippen LogP) is 6.35. The zero-order valence-electron chi connectivity index (χ0n) is 23.9. The van der Waals surface area contributed by atoms with E-state index in [0.717, 1.165) is 37.1 Å². The zero-order chi connectivity index (χ0) is 27.6. The summed E-state index contributed by atoms with van der Waals surface area (Å²) < 4.78 is 16.9. The van der Waals surface area contributed by atoms with E-state index < -0.39 is 6.10 Å². The van der Waals surface area contributed by atoms with Crippen molar-refractivity contribution >= 4 is 5.97 Å². The summed E-state index contributed by atoms with van der Waals surface area (Å²) in [5.74, 6) is 0.507. The number of rotatable bonds is 13. The summed E-state index contributed by atoms with van der Waals surface area (Å²) in [5, 5.41) is 0. The highest BCUT2D eigenvalue weighted by molar-refractivity contribution is 5.75. The first-order valence-corrected chi connectivity index (χ1v) is 14.4. The minimum absolute atomic E-state index is 0.207. The van der Waals surface area contributed by atoms with Crippen molar-refractivity contribution in [2.24, 2.45) is 0 Å². The molecule has 0 bridgehead atoms. The van der Waals surface area contributed by atoms with E-state index in [1.165, 1.54) is 34.2 Å². The average molecular weight is 530 g/mol. The smallest absolute Gasteiger partial charge is 0.335 e. The minimum Gasteiger partial charge on any atom is -0.492 e. The summed E-state index contributed by atoms with van der Waals surface area (Å²) in [5.41, 5.74) is 8.17. The number of aryl methyl sites for hydroxylation is 3. The monoisotopic (exact) mass is 529 g/mol. The van der Waals surface area contributed by atoms with Gasteiger partial charge in [-0.3, -0.25) is 4.90 Å². The molecule has 39 heavy (non-hydrogen) atoms. The molecule has 0 amide bonds. The normalized spacial score (nSPS) is 15.3. The lowest BCUT2D eigenvalue weighted by atomic mass is 9.92. The molecule has 2 atom stereocenters. The second-order valence-corrected chi connectivity index (χ2v) is 10.3. The van der Waals surface area contributed by atoms with Gasteiger partial charge in [-0.1, -0.05) is 67.9 Å². The van der Waals surface area contributed by atoms with Gasteiger partial charge in [0, 0.05) is 19.6 Å². The first-order chi connectivity index (χ1) is 19.0. The molecule has 0 aliphatic heterocycles. The summed E-state index contributed by atoms with van der Waals surface area (Å²) in [6.45, 7) is 8.13. The highest BCUT2D eigenvalue weighted by Crippen LogP contribution is 2.36. The van der Waals surface area contributed by atoms with Crippen molar-refractivity contribution in [3.63, 3.8) is 0 Å². The van der Waals surface area contributed by atoms with Crippen LogP contribution < -0.4 is 4.74 Å². The number of nitrogens with zero attached hydrogens (tertiary/aromatic N) is 1. The van der Waals surface area contributed by atoms with Gasteiger partial charge in [-0.15, -0.1) is 0 Å². The Kier molecular flexibility index (Phi) is 10.6. The van der Waals surface area contributed by atoms with E-state index in [-0.39, 0.29) is 12.0 Å². The lowest BCUT2D eigenvalue weighted by Crippen LogP contribution is -2.30. The predicted molar refractivity (Wildman–Crippen MR) is 156 cm³/mol. The quantitative estimate of drug-likeness (QED) is 0.242. The van der Waals surface area contributed by atoms with Crippen molar-refractivity contribution < 1.29 is 19.0 Å². The van der Waals surface area contributed by atoms with Gasteiger partial charge in [-0.25, -0.2) is 4.79 Å². The third-order valence-electron chi connectivity index (χ3n) is 7.47. The Labute approximate surface area is 234 Å². The van der Waals surface area contributed by atoms with E-state index in [0.29, 0.717) is 26.2 Å². The molecule has 0 saturated carbocycles. The molecular weight excluding hydrogens is 486 g/mol. The molecule has 2 unspecified atom stereocenters. The van der Waals surface area contributed by atoms with Crippen LogP contribution in [0.3, 0.4) is 0 Å². The van der Waals surface area contributed by atoms with Crippen LogP contribution in [0, 0.1) is 0 Å². The Hall–Kier alpha value is -3.15. The fourth-order valence-electron chi connectivity index (χ4n) is 5.55. The third kappa shape index (κ3) is 7.49. The Morgan fingerprint density at radius 1 is 0.897 bits per heavy atom. The Morgan fingerprint density at radius 2 is 1.62 bits per heavy atom. The van der Waals surface area contributed by atoms with Gasteiger partial charge in [0.05, 0.1) is 12.6 Å². The maximum absolute atomic E-state index is 12.2. The van der Waals surface area contributed by atoms with E-state index >= 15 is 0 Å². The zero-order valence-corrected chi connectivity index (χ0v) is 23.9. The summed E-state index contributed by atoms with van der Waals surface area (Å²) in [6, 6.07) is 24.1. The lowest BCUT2D eigenvalue weighted by Gasteiger charge is -2.30. The number of carbonyl (C=O) groups excluding carboxylic acids is 1. The third-order valence-corrected chi connectivity index (χ3v) is 7.47. The van der Waals surface area contributed by atoms with Gasteiger partial charge >= 0.3 is 5.97 Å². The van der Waals surface area contributed by atoms with Crippen LogP contribution in [-0.4, -0.2) is 50.4 Å². The number of benzene rings is 3. The number of ether oxygens (including phenoxy) is 3. The van der Waals surface area contributed by atoms with E-state index in [2.05, 4.69) is 61.3 Å². The van der Waals surface area contributed by atoms with E-state index in [9.17, 15) is 4.79 Å². The van der Waals surface area contributed by atoms with Crippen LogP contribution in [0.1, 0.15) is 66.6 Å².